The molecule has 0 aliphatic heterocycles. The molecule has 0 amide bonds. The predicted octanol–water partition coefficient (Wildman–Crippen LogP) is 2.39. The third-order valence-electron chi connectivity index (χ3n) is 3.27. The van der Waals surface area contributed by atoms with E-state index in [0.717, 1.165) is 12.1 Å². The number of aliphatic carboxylic acids is 1. The molecular formula is C12H11F3O3. The van der Waals surface area contributed by atoms with Gasteiger partial charge in [-0.3, -0.25) is 4.79 Å². The number of hydrogen-bond donors (Lipinski definition) is 2. The topological polar surface area (TPSA) is 57.5 Å². The second-order valence-electron chi connectivity index (χ2n) is 4.55. The molecule has 1 fully saturated rings. The molecule has 0 spiro atoms. The number of carbonyl (C=O) groups is 1. The van der Waals surface area contributed by atoms with E-state index < -0.39 is 29.2 Å². The summed E-state index contributed by atoms with van der Waals surface area (Å²) in [6.07, 6.45) is -4.34. The third kappa shape index (κ3) is 2.20. The minimum atomic E-state index is -4.41. The summed E-state index contributed by atoms with van der Waals surface area (Å²) in [6.45, 7) is 0. The van der Waals surface area contributed by atoms with Crippen molar-refractivity contribution >= 4 is 5.97 Å². The highest BCUT2D eigenvalue weighted by Gasteiger charge is 2.47. The molecule has 2 rings (SSSR count). The molecule has 1 aliphatic carbocycles. The maximum absolute atomic E-state index is 12.3. The lowest BCUT2D eigenvalue weighted by Gasteiger charge is -2.41. The molecule has 18 heavy (non-hydrogen) atoms. The van der Waals surface area contributed by atoms with Crippen LogP contribution in [0.2, 0.25) is 0 Å². The molecule has 1 aliphatic rings. The highest BCUT2D eigenvalue weighted by Crippen LogP contribution is 2.46. The largest absolute Gasteiger partial charge is 0.481 e. The Morgan fingerprint density at radius 1 is 1.22 bits per heavy atom. The van der Waals surface area contributed by atoms with Gasteiger partial charge in [-0.15, -0.1) is 0 Å². The van der Waals surface area contributed by atoms with Crippen molar-refractivity contribution in [2.75, 3.05) is 0 Å². The van der Waals surface area contributed by atoms with E-state index in [1.165, 1.54) is 12.1 Å². The van der Waals surface area contributed by atoms with Gasteiger partial charge in [0.2, 0.25) is 0 Å². The van der Waals surface area contributed by atoms with Crippen LogP contribution in [0.15, 0.2) is 24.3 Å². The van der Waals surface area contributed by atoms with Gasteiger partial charge < -0.3 is 10.2 Å². The van der Waals surface area contributed by atoms with E-state index in [-0.39, 0.29) is 12.8 Å². The molecule has 6 heteroatoms. The summed E-state index contributed by atoms with van der Waals surface area (Å²) in [7, 11) is 0. The Hall–Kier alpha value is -1.56. The van der Waals surface area contributed by atoms with E-state index in [0.29, 0.717) is 5.56 Å². The van der Waals surface area contributed by atoms with E-state index in [1.54, 1.807) is 0 Å². The first-order chi connectivity index (χ1) is 8.22. The fourth-order valence-electron chi connectivity index (χ4n) is 2.14. The number of alkyl halides is 3. The number of hydrogen-bond acceptors (Lipinski definition) is 2. The summed E-state index contributed by atoms with van der Waals surface area (Å²) in [5.41, 5.74) is -1.77. The van der Waals surface area contributed by atoms with Gasteiger partial charge in [0, 0.05) is 0 Å². The summed E-state index contributed by atoms with van der Waals surface area (Å²) < 4.78 is 37.0. The molecule has 98 valence electrons. The van der Waals surface area contributed by atoms with Crippen molar-refractivity contribution < 1.29 is 28.2 Å². The fraction of sp³-hybridized carbons (Fsp3) is 0.417. The normalized spacial score (nSPS) is 27.7. The molecule has 0 radical (unpaired) electrons. The molecule has 3 nitrogen and oxygen atoms in total. The van der Waals surface area contributed by atoms with Crippen molar-refractivity contribution in [1.82, 2.24) is 0 Å². The number of halogens is 3. The van der Waals surface area contributed by atoms with Crippen LogP contribution in [0.1, 0.15) is 24.0 Å². The van der Waals surface area contributed by atoms with Crippen molar-refractivity contribution in [3.05, 3.63) is 35.4 Å². The Morgan fingerprint density at radius 3 is 2.11 bits per heavy atom. The second kappa shape index (κ2) is 3.98. The quantitative estimate of drug-likeness (QED) is 0.858. The molecule has 2 N–H and O–H groups in total. The van der Waals surface area contributed by atoms with Crippen LogP contribution in [0.4, 0.5) is 13.2 Å². The van der Waals surface area contributed by atoms with Gasteiger partial charge in [-0.05, 0) is 30.5 Å². The smallest absolute Gasteiger partial charge is 0.416 e. The molecule has 1 saturated carbocycles. The van der Waals surface area contributed by atoms with Gasteiger partial charge in [0.15, 0.2) is 0 Å². The molecule has 0 atom stereocenters. The maximum Gasteiger partial charge on any atom is 0.416 e. The summed E-state index contributed by atoms with van der Waals surface area (Å²) >= 11 is 0. The molecule has 1 aromatic carbocycles. The lowest BCUT2D eigenvalue weighted by Crippen LogP contribution is -2.44. The summed E-state index contributed by atoms with van der Waals surface area (Å²) in [4.78, 5) is 10.6. The van der Waals surface area contributed by atoms with Crippen molar-refractivity contribution in [2.45, 2.75) is 24.6 Å². The Balaban J connectivity index is 2.14. The van der Waals surface area contributed by atoms with E-state index in [1.807, 2.05) is 0 Å². The Labute approximate surface area is 101 Å². The molecule has 0 unspecified atom stereocenters. The maximum atomic E-state index is 12.3. The van der Waals surface area contributed by atoms with Gasteiger partial charge in [0.05, 0.1) is 17.1 Å². The zero-order chi connectivity index (χ0) is 13.6. The standard InChI is InChI=1S/C12H11F3O3/c13-12(14,15)9-3-1-8(2-4-9)11(18)5-7(6-11)10(16)17/h1-4,7,18H,5-6H2,(H,16,17). The van der Waals surface area contributed by atoms with Gasteiger partial charge in [0.1, 0.15) is 0 Å². The van der Waals surface area contributed by atoms with Crippen molar-refractivity contribution in [3.63, 3.8) is 0 Å². The minimum absolute atomic E-state index is 0.0354. The van der Waals surface area contributed by atoms with Crippen LogP contribution < -0.4 is 0 Å². The van der Waals surface area contributed by atoms with Crippen LogP contribution in [0.5, 0.6) is 0 Å². The van der Waals surface area contributed by atoms with Crippen molar-refractivity contribution in [2.24, 2.45) is 5.92 Å². The summed E-state index contributed by atoms with van der Waals surface area (Å²) in [5, 5.41) is 18.8. The van der Waals surface area contributed by atoms with Gasteiger partial charge in [-0.2, -0.15) is 13.2 Å². The average molecular weight is 260 g/mol. The number of benzene rings is 1. The molecule has 1 aromatic rings. The second-order valence-corrected chi connectivity index (χ2v) is 4.55. The van der Waals surface area contributed by atoms with Gasteiger partial charge >= 0.3 is 12.1 Å². The van der Waals surface area contributed by atoms with Crippen molar-refractivity contribution in [3.8, 4) is 0 Å². The van der Waals surface area contributed by atoms with Crippen LogP contribution >= 0.6 is 0 Å². The first-order valence-corrected chi connectivity index (χ1v) is 5.35. The molecule has 0 saturated heterocycles. The first-order valence-electron chi connectivity index (χ1n) is 5.35. The summed E-state index contributed by atoms with van der Waals surface area (Å²) in [6, 6.07) is 4.17. The lowest BCUT2D eigenvalue weighted by molar-refractivity contribution is -0.159. The highest BCUT2D eigenvalue weighted by atomic mass is 19.4. The van der Waals surface area contributed by atoms with Crippen LogP contribution in [-0.2, 0) is 16.6 Å². The van der Waals surface area contributed by atoms with Crippen LogP contribution in [0.25, 0.3) is 0 Å². The average Bonchev–Trinajstić information content (AvgIpc) is 2.23. The number of carboxylic acid groups (broad SMARTS) is 1. The van der Waals surface area contributed by atoms with Gasteiger partial charge in [-0.1, -0.05) is 12.1 Å². The van der Waals surface area contributed by atoms with Crippen LogP contribution in [0.3, 0.4) is 0 Å². The predicted molar refractivity (Wildman–Crippen MR) is 55.7 cm³/mol. The van der Waals surface area contributed by atoms with E-state index in [2.05, 4.69) is 0 Å². The Morgan fingerprint density at radius 2 is 1.72 bits per heavy atom. The number of carboxylic acids is 1. The zero-order valence-electron chi connectivity index (χ0n) is 9.24. The zero-order valence-corrected chi connectivity index (χ0v) is 9.24. The van der Waals surface area contributed by atoms with E-state index in [4.69, 9.17) is 5.11 Å². The fourth-order valence-corrected chi connectivity index (χ4v) is 2.14. The third-order valence-corrected chi connectivity index (χ3v) is 3.27. The molecule has 0 bridgehead atoms. The number of rotatable bonds is 2. The Bertz CT molecular complexity index is 458. The Kier molecular flexibility index (Phi) is 2.85. The lowest BCUT2D eigenvalue weighted by atomic mass is 9.67. The summed E-state index contributed by atoms with van der Waals surface area (Å²) in [5.74, 6) is -1.62. The minimum Gasteiger partial charge on any atom is -0.481 e. The van der Waals surface area contributed by atoms with E-state index >= 15 is 0 Å². The SMILES string of the molecule is O=C(O)C1CC(O)(c2ccc(C(F)(F)F)cc2)C1. The first kappa shape index (κ1) is 12.9. The monoisotopic (exact) mass is 260 g/mol. The molecule has 0 heterocycles. The highest BCUT2D eigenvalue weighted by molar-refractivity contribution is 5.71. The van der Waals surface area contributed by atoms with E-state index in [9.17, 15) is 23.1 Å². The molecular weight excluding hydrogens is 249 g/mol. The van der Waals surface area contributed by atoms with Crippen LogP contribution in [0, 0.1) is 5.92 Å². The number of aliphatic hydroxyl groups is 1. The molecule has 0 aromatic heterocycles. The van der Waals surface area contributed by atoms with Crippen molar-refractivity contribution in [1.29, 1.82) is 0 Å². The van der Waals surface area contributed by atoms with Gasteiger partial charge in [0.25, 0.3) is 0 Å². The van der Waals surface area contributed by atoms with Crippen LogP contribution in [-0.4, -0.2) is 16.2 Å². The van der Waals surface area contributed by atoms with Gasteiger partial charge in [-0.25, -0.2) is 0 Å².